The van der Waals surface area contributed by atoms with E-state index in [4.69, 9.17) is 8.83 Å². The minimum Gasteiger partial charge on any atom is -0.464 e. The Kier molecular flexibility index (Phi) is 1.61. The molecule has 1 N–H and O–H groups in total. The molecule has 0 atom stereocenters. The minimum atomic E-state index is -0.128. The van der Waals surface area contributed by atoms with Crippen LogP contribution in [0.1, 0.15) is 5.56 Å². The summed E-state index contributed by atoms with van der Waals surface area (Å²) in [5.41, 5.74) is 2.86. The van der Waals surface area contributed by atoms with Gasteiger partial charge in [0.05, 0.1) is 11.6 Å². The molecule has 0 saturated carbocycles. The molecule has 1 aromatic carbocycles. The number of hydrogen-bond acceptors (Lipinski definition) is 3. The average molecular weight is 239 g/mol. The molecule has 0 aliphatic rings. The molecule has 4 nitrogen and oxygen atoms in total. The SMILES string of the molecule is Cc1c[nH]c(=O)c2c1oc1cc3occc3cc12. The molecule has 0 bridgehead atoms. The van der Waals surface area contributed by atoms with Gasteiger partial charge in [-0.05, 0) is 19.1 Å². The second-order valence-electron chi connectivity index (χ2n) is 4.41. The molecule has 88 valence electrons. The highest BCUT2D eigenvalue weighted by molar-refractivity contribution is 6.09. The van der Waals surface area contributed by atoms with Crippen LogP contribution in [0.5, 0.6) is 0 Å². The Bertz CT molecular complexity index is 956. The predicted molar refractivity (Wildman–Crippen MR) is 68.8 cm³/mol. The number of hydrogen-bond donors (Lipinski definition) is 1. The summed E-state index contributed by atoms with van der Waals surface area (Å²) in [6.07, 6.45) is 3.29. The molecule has 0 aliphatic carbocycles. The largest absolute Gasteiger partial charge is 0.464 e. The molecular weight excluding hydrogens is 230 g/mol. The smallest absolute Gasteiger partial charge is 0.259 e. The fourth-order valence-corrected chi connectivity index (χ4v) is 2.37. The lowest BCUT2D eigenvalue weighted by molar-refractivity contribution is 0.613. The number of nitrogens with one attached hydrogen (secondary N) is 1. The van der Waals surface area contributed by atoms with E-state index in [0.717, 1.165) is 21.9 Å². The van der Waals surface area contributed by atoms with Crippen LogP contribution in [-0.4, -0.2) is 4.98 Å². The highest BCUT2D eigenvalue weighted by atomic mass is 16.3. The van der Waals surface area contributed by atoms with Crippen molar-refractivity contribution < 1.29 is 8.83 Å². The summed E-state index contributed by atoms with van der Waals surface area (Å²) >= 11 is 0. The first-order valence-corrected chi connectivity index (χ1v) is 5.66. The van der Waals surface area contributed by atoms with Gasteiger partial charge in [0.15, 0.2) is 0 Å². The molecule has 0 radical (unpaired) electrons. The van der Waals surface area contributed by atoms with Gasteiger partial charge >= 0.3 is 0 Å². The van der Waals surface area contributed by atoms with Crippen LogP contribution in [-0.2, 0) is 0 Å². The lowest BCUT2D eigenvalue weighted by atomic mass is 10.1. The first kappa shape index (κ1) is 9.53. The van der Waals surface area contributed by atoms with E-state index in [-0.39, 0.29) is 5.56 Å². The van der Waals surface area contributed by atoms with Gasteiger partial charge in [-0.3, -0.25) is 4.79 Å². The van der Waals surface area contributed by atoms with Crippen LogP contribution >= 0.6 is 0 Å². The van der Waals surface area contributed by atoms with E-state index in [1.165, 1.54) is 0 Å². The number of aromatic amines is 1. The van der Waals surface area contributed by atoms with Crippen molar-refractivity contribution in [3.05, 3.63) is 46.6 Å². The highest BCUT2D eigenvalue weighted by Gasteiger charge is 2.13. The van der Waals surface area contributed by atoms with Crippen molar-refractivity contribution in [1.82, 2.24) is 4.98 Å². The molecule has 3 aromatic heterocycles. The summed E-state index contributed by atoms with van der Waals surface area (Å²) in [4.78, 5) is 14.7. The van der Waals surface area contributed by atoms with E-state index in [9.17, 15) is 4.79 Å². The summed E-state index contributed by atoms with van der Waals surface area (Å²) in [6, 6.07) is 5.62. The zero-order valence-corrected chi connectivity index (χ0v) is 9.61. The van der Waals surface area contributed by atoms with Crippen molar-refractivity contribution in [2.75, 3.05) is 0 Å². The van der Waals surface area contributed by atoms with E-state index in [1.54, 1.807) is 12.5 Å². The van der Waals surface area contributed by atoms with Gasteiger partial charge in [0, 0.05) is 28.6 Å². The van der Waals surface area contributed by atoms with E-state index >= 15 is 0 Å². The normalized spacial score (nSPS) is 11.8. The molecule has 0 aliphatic heterocycles. The van der Waals surface area contributed by atoms with Crippen LogP contribution in [0.3, 0.4) is 0 Å². The number of H-pyrrole nitrogens is 1. The molecule has 0 saturated heterocycles. The number of fused-ring (bicyclic) bond motifs is 4. The van der Waals surface area contributed by atoms with Gasteiger partial charge in [-0.15, -0.1) is 0 Å². The van der Waals surface area contributed by atoms with Gasteiger partial charge in [-0.25, -0.2) is 0 Å². The monoisotopic (exact) mass is 239 g/mol. The van der Waals surface area contributed by atoms with Crippen LogP contribution in [0.2, 0.25) is 0 Å². The molecule has 0 fully saturated rings. The van der Waals surface area contributed by atoms with Gasteiger partial charge in [0.25, 0.3) is 5.56 Å². The van der Waals surface area contributed by atoms with Crippen molar-refractivity contribution in [2.45, 2.75) is 6.92 Å². The van der Waals surface area contributed by atoms with Gasteiger partial charge in [0.1, 0.15) is 16.7 Å². The van der Waals surface area contributed by atoms with Crippen LogP contribution in [0.4, 0.5) is 0 Å². The summed E-state index contributed by atoms with van der Waals surface area (Å²) in [7, 11) is 0. The quantitative estimate of drug-likeness (QED) is 0.512. The number of rotatable bonds is 0. The maximum atomic E-state index is 11.9. The fourth-order valence-electron chi connectivity index (χ4n) is 2.37. The predicted octanol–water partition coefficient (Wildman–Crippen LogP) is 3.33. The molecule has 3 heterocycles. The third-order valence-electron chi connectivity index (χ3n) is 3.27. The summed E-state index contributed by atoms with van der Waals surface area (Å²) in [5.74, 6) is 0. The number of aryl methyl sites for hydroxylation is 1. The van der Waals surface area contributed by atoms with E-state index < -0.39 is 0 Å². The Morgan fingerprint density at radius 2 is 2.11 bits per heavy atom. The van der Waals surface area contributed by atoms with Crippen molar-refractivity contribution in [2.24, 2.45) is 0 Å². The lowest BCUT2D eigenvalue weighted by Crippen LogP contribution is -2.04. The molecule has 18 heavy (non-hydrogen) atoms. The molecule has 0 amide bonds. The zero-order chi connectivity index (χ0) is 12.3. The number of furan rings is 2. The summed E-state index contributed by atoms with van der Waals surface area (Å²) < 4.78 is 11.1. The first-order chi connectivity index (χ1) is 8.74. The third kappa shape index (κ3) is 1.07. The second-order valence-corrected chi connectivity index (χ2v) is 4.41. The molecule has 4 heteroatoms. The minimum absolute atomic E-state index is 0.128. The lowest BCUT2D eigenvalue weighted by Gasteiger charge is -1.92. The van der Waals surface area contributed by atoms with Crippen molar-refractivity contribution in [1.29, 1.82) is 0 Å². The van der Waals surface area contributed by atoms with Crippen LogP contribution in [0.15, 0.2) is 44.3 Å². The van der Waals surface area contributed by atoms with E-state index in [0.29, 0.717) is 16.6 Å². The van der Waals surface area contributed by atoms with Gasteiger partial charge in [-0.1, -0.05) is 0 Å². The molecule has 4 aromatic rings. The maximum Gasteiger partial charge on any atom is 0.259 e. The van der Waals surface area contributed by atoms with E-state index in [2.05, 4.69) is 4.98 Å². The zero-order valence-electron chi connectivity index (χ0n) is 9.61. The molecule has 0 unspecified atom stereocenters. The number of benzene rings is 1. The van der Waals surface area contributed by atoms with Crippen molar-refractivity contribution in [3.8, 4) is 0 Å². The Balaban J connectivity index is 2.36. The Hall–Kier alpha value is -2.49. The number of aromatic nitrogens is 1. The van der Waals surface area contributed by atoms with Crippen molar-refractivity contribution in [3.63, 3.8) is 0 Å². The fraction of sp³-hybridized carbons (Fsp3) is 0.0714. The molecule has 0 spiro atoms. The van der Waals surface area contributed by atoms with Gasteiger partial charge in [0.2, 0.25) is 0 Å². The topological polar surface area (TPSA) is 59.1 Å². The van der Waals surface area contributed by atoms with Crippen molar-refractivity contribution >= 4 is 32.9 Å². The molecule has 4 rings (SSSR count). The van der Waals surface area contributed by atoms with E-state index in [1.807, 2.05) is 25.1 Å². The maximum absolute atomic E-state index is 11.9. The molecular formula is C14H9NO3. The second kappa shape index (κ2) is 3.04. The third-order valence-corrected chi connectivity index (χ3v) is 3.27. The first-order valence-electron chi connectivity index (χ1n) is 5.66. The summed E-state index contributed by atoms with van der Waals surface area (Å²) in [5, 5.41) is 2.39. The summed E-state index contributed by atoms with van der Waals surface area (Å²) in [6.45, 7) is 1.91. The number of pyridine rings is 1. The Morgan fingerprint density at radius 1 is 1.22 bits per heavy atom. The standard InChI is InChI=1S/C14H9NO3/c1-7-6-15-14(16)12-9-4-8-2-3-17-10(8)5-11(9)18-13(7)12/h2-6H,1H3,(H,15,16). The van der Waals surface area contributed by atoms with Crippen LogP contribution in [0.25, 0.3) is 32.9 Å². The van der Waals surface area contributed by atoms with Crippen LogP contribution in [0, 0.1) is 6.92 Å². The highest BCUT2D eigenvalue weighted by Crippen LogP contribution is 2.31. The van der Waals surface area contributed by atoms with Gasteiger partial charge < -0.3 is 13.8 Å². The average Bonchev–Trinajstić information content (AvgIpc) is 2.94. The van der Waals surface area contributed by atoms with Crippen LogP contribution < -0.4 is 5.56 Å². The Labute approximate surface area is 101 Å². The van der Waals surface area contributed by atoms with Gasteiger partial charge in [-0.2, -0.15) is 0 Å². The Morgan fingerprint density at radius 3 is 3.00 bits per heavy atom.